The molecule has 134 valence electrons. The summed E-state index contributed by atoms with van der Waals surface area (Å²) in [5, 5.41) is 2.79. The molecule has 6 heteroatoms. The van der Waals surface area contributed by atoms with Gasteiger partial charge in [0.2, 0.25) is 5.91 Å². The summed E-state index contributed by atoms with van der Waals surface area (Å²) in [6.45, 7) is 2.21. The summed E-state index contributed by atoms with van der Waals surface area (Å²) in [6.07, 6.45) is 0.252. The lowest BCUT2D eigenvalue weighted by Gasteiger charge is -2.08. The zero-order valence-corrected chi connectivity index (χ0v) is 14.8. The van der Waals surface area contributed by atoms with Crippen molar-refractivity contribution in [1.29, 1.82) is 0 Å². The third-order valence-corrected chi connectivity index (χ3v) is 4.13. The molecule has 1 aromatic heterocycles. The van der Waals surface area contributed by atoms with Crippen LogP contribution in [0.15, 0.2) is 42.5 Å². The number of para-hydroxylation sites is 2. The number of imidazole rings is 1. The second-order valence-corrected chi connectivity index (χ2v) is 6.10. The summed E-state index contributed by atoms with van der Waals surface area (Å²) in [5.74, 6) is 0.921. The number of aromatic amines is 1. The number of carbonyl (C=O) groups is 2. The number of nitrogens with zero attached hydrogens (tertiary/aromatic N) is 1. The first-order valence-electron chi connectivity index (χ1n) is 8.45. The van der Waals surface area contributed by atoms with Gasteiger partial charge in [-0.3, -0.25) is 9.59 Å². The second kappa shape index (κ2) is 7.82. The van der Waals surface area contributed by atoms with Crippen molar-refractivity contribution in [3.8, 4) is 5.75 Å². The van der Waals surface area contributed by atoms with E-state index in [-0.39, 0.29) is 24.5 Å². The number of benzene rings is 2. The van der Waals surface area contributed by atoms with E-state index in [1.54, 1.807) is 12.1 Å². The highest BCUT2D eigenvalue weighted by Gasteiger charge is 2.14. The highest BCUT2D eigenvalue weighted by Crippen LogP contribution is 2.21. The first-order chi connectivity index (χ1) is 12.6. The number of methoxy groups -OCH3 is 1. The van der Waals surface area contributed by atoms with Crippen LogP contribution in [0.3, 0.4) is 0 Å². The lowest BCUT2D eigenvalue weighted by molar-refractivity contribution is -0.121. The van der Waals surface area contributed by atoms with Crippen LogP contribution in [-0.4, -0.2) is 28.8 Å². The molecule has 26 heavy (non-hydrogen) atoms. The standard InChI is InChI=1S/C20H21N3O3/c1-13-7-9-18(26-2)14(11-13)17(24)8-10-20(25)21-12-19-22-15-5-3-4-6-16(15)23-19/h3-7,9,11H,8,10,12H2,1-2H3,(H,21,25)(H,22,23). The molecule has 3 rings (SSSR count). The van der Waals surface area contributed by atoms with Gasteiger partial charge in [-0.2, -0.15) is 0 Å². The maximum absolute atomic E-state index is 12.4. The van der Waals surface area contributed by atoms with Crippen molar-refractivity contribution in [2.45, 2.75) is 26.3 Å². The zero-order chi connectivity index (χ0) is 18.5. The minimum Gasteiger partial charge on any atom is -0.496 e. The first kappa shape index (κ1) is 17.7. The number of carbonyl (C=O) groups excluding carboxylic acids is 2. The van der Waals surface area contributed by atoms with E-state index in [9.17, 15) is 9.59 Å². The van der Waals surface area contributed by atoms with Crippen molar-refractivity contribution in [2.24, 2.45) is 0 Å². The average Bonchev–Trinajstić information content (AvgIpc) is 3.07. The summed E-state index contributed by atoms with van der Waals surface area (Å²) < 4.78 is 5.23. The van der Waals surface area contributed by atoms with E-state index >= 15 is 0 Å². The van der Waals surface area contributed by atoms with Crippen LogP contribution in [0.2, 0.25) is 0 Å². The molecular formula is C20H21N3O3. The Hall–Kier alpha value is -3.15. The van der Waals surface area contributed by atoms with Gasteiger partial charge in [0.15, 0.2) is 5.78 Å². The number of fused-ring (bicyclic) bond motifs is 1. The average molecular weight is 351 g/mol. The van der Waals surface area contributed by atoms with Crippen LogP contribution in [0.4, 0.5) is 0 Å². The minimum absolute atomic E-state index is 0.107. The minimum atomic E-state index is -0.189. The molecule has 0 saturated heterocycles. The molecule has 1 amide bonds. The Morgan fingerprint density at radius 1 is 1.15 bits per heavy atom. The Morgan fingerprint density at radius 2 is 1.96 bits per heavy atom. The van der Waals surface area contributed by atoms with Crippen LogP contribution in [0.1, 0.15) is 34.6 Å². The van der Waals surface area contributed by atoms with E-state index in [1.807, 2.05) is 37.3 Å². The highest BCUT2D eigenvalue weighted by molar-refractivity contribution is 6.00. The summed E-state index contributed by atoms with van der Waals surface area (Å²) in [7, 11) is 1.53. The molecule has 3 aromatic rings. The van der Waals surface area contributed by atoms with Gasteiger partial charge in [-0.1, -0.05) is 23.8 Å². The fraction of sp³-hybridized carbons (Fsp3) is 0.250. The van der Waals surface area contributed by atoms with Gasteiger partial charge in [-0.25, -0.2) is 4.98 Å². The number of Topliss-reactive ketones (excluding diaryl/α,β-unsaturated/α-hetero) is 1. The number of ketones is 1. The largest absolute Gasteiger partial charge is 0.496 e. The van der Waals surface area contributed by atoms with Crippen molar-refractivity contribution in [3.63, 3.8) is 0 Å². The van der Waals surface area contributed by atoms with E-state index in [0.717, 1.165) is 16.6 Å². The number of hydrogen-bond acceptors (Lipinski definition) is 4. The molecule has 0 aliphatic carbocycles. The molecule has 0 spiro atoms. The Morgan fingerprint density at radius 3 is 2.73 bits per heavy atom. The van der Waals surface area contributed by atoms with Crippen LogP contribution in [0.5, 0.6) is 5.75 Å². The van der Waals surface area contributed by atoms with Gasteiger partial charge in [0.05, 0.1) is 30.3 Å². The molecule has 0 unspecified atom stereocenters. The maximum atomic E-state index is 12.4. The van der Waals surface area contributed by atoms with E-state index in [2.05, 4.69) is 15.3 Å². The van der Waals surface area contributed by atoms with Gasteiger partial charge in [0.25, 0.3) is 0 Å². The zero-order valence-electron chi connectivity index (χ0n) is 14.8. The Kier molecular flexibility index (Phi) is 5.31. The van der Waals surface area contributed by atoms with E-state index in [1.165, 1.54) is 7.11 Å². The molecule has 2 aromatic carbocycles. The summed E-state index contributed by atoms with van der Waals surface area (Å²) in [4.78, 5) is 32.0. The van der Waals surface area contributed by atoms with Crippen LogP contribution in [0.25, 0.3) is 11.0 Å². The molecular weight excluding hydrogens is 330 g/mol. The predicted molar refractivity (Wildman–Crippen MR) is 99.2 cm³/mol. The second-order valence-electron chi connectivity index (χ2n) is 6.10. The van der Waals surface area contributed by atoms with Gasteiger partial charge in [0, 0.05) is 12.8 Å². The summed E-state index contributed by atoms with van der Waals surface area (Å²) >= 11 is 0. The normalized spacial score (nSPS) is 10.7. The predicted octanol–water partition coefficient (Wildman–Crippen LogP) is 3.16. The smallest absolute Gasteiger partial charge is 0.220 e. The number of amides is 1. The molecule has 0 fully saturated rings. The fourth-order valence-corrected chi connectivity index (χ4v) is 2.76. The maximum Gasteiger partial charge on any atom is 0.220 e. The summed E-state index contributed by atoms with van der Waals surface area (Å²) in [5.41, 5.74) is 3.28. The molecule has 0 atom stereocenters. The van der Waals surface area contributed by atoms with Gasteiger partial charge < -0.3 is 15.0 Å². The number of rotatable bonds is 7. The van der Waals surface area contributed by atoms with E-state index in [0.29, 0.717) is 23.7 Å². The molecule has 0 saturated carbocycles. The first-order valence-corrected chi connectivity index (χ1v) is 8.45. The van der Waals surface area contributed by atoms with Crippen molar-refractivity contribution in [1.82, 2.24) is 15.3 Å². The Labute approximate surface area is 151 Å². The van der Waals surface area contributed by atoms with E-state index < -0.39 is 0 Å². The third kappa shape index (κ3) is 4.08. The quantitative estimate of drug-likeness (QED) is 0.641. The van der Waals surface area contributed by atoms with E-state index in [4.69, 9.17) is 4.74 Å². The molecule has 0 aliphatic heterocycles. The monoisotopic (exact) mass is 351 g/mol. The van der Waals surface area contributed by atoms with Crippen LogP contribution >= 0.6 is 0 Å². The Balaban J connectivity index is 1.54. The lowest BCUT2D eigenvalue weighted by Crippen LogP contribution is -2.23. The highest BCUT2D eigenvalue weighted by atomic mass is 16.5. The van der Waals surface area contributed by atoms with Crippen LogP contribution < -0.4 is 10.1 Å². The Bertz CT molecular complexity index is 913. The van der Waals surface area contributed by atoms with Crippen molar-refractivity contribution in [2.75, 3.05) is 7.11 Å². The van der Waals surface area contributed by atoms with Crippen molar-refractivity contribution < 1.29 is 14.3 Å². The number of ether oxygens (including phenoxy) is 1. The third-order valence-electron chi connectivity index (χ3n) is 4.13. The number of aromatic nitrogens is 2. The van der Waals surface area contributed by atoms with Crippen LogP contribution in [0, 0.1) is 6.92 Å². The number of H-pyrrole nitrogens is 1. The SMILES string of the molecule is COc1ccc(C)cc1C(=O)CCC(=O)NCc1nc2ccccc2[nH]1. The molecule has 1 heterocycles. The molecule has 2 N–H and O–H groups in total. The molecule has 0 aliphatic rings. The molecule has 0 radical (unpaired) electrons. The van der Waals surface area contributed by atoms with Gasteiger partial charge in [-0.05, 0) is 31.2 Å². The number of aryl methyl sites for hydroxylation is 1. The van der Waals surface area contributed by atoms with Crippen molar-refractivity contribution >= 4 is 22.7 Å². The van der Waals surface area contributed by atoms with Gasteiger partial charge >= 0.3 is 0 Å². The topological polar surface area (TPSA) is 84.1 Å². The van der Waals surface area contributed by atoms with Gasteiger partial charge in [-0.15, -0.1) is 0 Å². The number of hydrogen-bond donors (Lipinski definition) is 2. The fourth-order valence-electron chi connectivity index (χ4n) is 2.76. The lowest BCUT2D eigenvalue weighted by atomic mass is 10.0. The number of nitrogens with one attached hydrogen (secondary N) is 2. The van der Waals surface area contributed by atoms with Crippen LogP contribution in [-0.2, 0) is 11.3 Å². The summed E-state index contributed by atoms with van der Waals surface area (Å²) in [6, 6.07) is 13.1. The van der Waals surface area contributed by atoms with Gasteiger partial charge in [0.1, 0.15) is 11.6 Å². The molecule has 0 bridgehead atoms. The molecule has 6 nitrogen and oxygen atoms in total. The van der Waals surface area contributed by atoms with Crippen molar-refractivity contribution in [3.05, 3.63) is 59.4 Å².